The van der Waals surface area contributed by atoms with Crippen molar-refractivity contribution in [1.82, 2.24) is 9.80 Å². The number of methoxy groups -OCH3 is 1. The number of benzene rings is 1. The minimum absolute atomic E-state index is 0.153. The number of piperazine rings is 1. The largest absolute Gasteiger partial charge is 0.497 e. The highest BCUT2D eigenvalue weighted by Gasteiger charge is 2.42. The lowest BCUT2D eigenvalue weighted by molar-refractivity contribution is 0.0496. The van der Waals surface area contributed by atoms with Gasteiger partial charge >= 0.3 is 0 Å². The molecule has 0 unspecified atom stereocenters. The molecule has 0 aromatic heterocycles. The highest BCUT2D eigenvalue weighted by atomic mass is 16.5. The van der Waals surface area contributed by atoms with Crippen LogP contribution >= 0.6 is 0 Å². The average Bonchev–Trinajstić information content (AvgIpc) is 3.25. The molecule has 0 spiro atoms. The Morgan fingerprint density at radius 3 is 2.35 bits per heavy atom. The highest BCUT2D eigenvalue weighted by Crippen LogP contribution is 2.46. The number of fused-ring (bicyclic) bond motifs is 2. The molecular weight excluding hydrogens is 288 g/mol. The first kappa shape index (κ1) is 15.0. The van der Waals surface area contributed by atoms with Crippen molar-refractivity contribution in [3.63, 3.8) is 0 Å². The molecule has 4 rings (SSSR count). The Morgan fingerprint density at radius 1 is 1.04 bits per heavy atom. The fourth-order valence-corrected chi connectivity index (χ4v) is 4.83. The quantitative estimate of drug-likeness (QED) is 0.860. The molecule has 2 bridgehead atoms. The molecule has 3 aliphatic rings. The van der Waals surface area contributed by atoms with Crippen molar-refractivity contribution < 1.29 is 9.53 Å². The lowest BCUT2D eigenvalue weighted by atomic mass is 9.93. The number of rotatable bonds is 3. The summed E-state index contributed by atoms with van der Waals surface area (Å²) in [6.45, 7) is 3.79. The molecule has 1 aromatic carbocycles. The molecule has 3 fully saturated rings. The first-order valence-electron chi connectivity index (χ1n) is 8.92. The number of carbonyl (C=O) groups excluding carboxylic acids is 1. The van der Waals surface area contributed by atoms with Gasteiger partial charge in [-0.2, -0.15) is 0 Å². The maximum atomic E-state index is 12.6. The standard InChI is InChI=1S/C19H26N2O2/c1-23-17-6-4-15(5-7-17)19(22)21-10-8-20(9-11-21)18-13-14-2-3-16(18)12-14/h4-7,14,16,18H,2-3,8-13H2,1H3/t14-,16+,18-/m0/s1. The Hall–Kier alpha value is -1.55. The first-order chi connectivity index (χ1) is 11.2. The summed E-state index contributed by atoms with van der Waals surface area (Å²) in [5.74, 6) is 2.87. The van der Waals surface area contributed by atoms with E-state index >= 15 is 0 Å². The van der Waals surface area contributed by atoms with Crippen LogP contribution < -0.4 is 4.74 Å². The Labute approximate surface area is 138 Å². The van der Waals surface area contributed by atoms with E-state index in [4.69, 9.17) is 4.74 Å². The summed E-state index contributed by atoms with van der Waals surface area (Å²) in [6, 6.07) is 8.25. The van der Waals surface area contributed by atoms with Gasteiger partial charge in [0.2, 0.25) is 0 Å². The predicted molar refractivity (Wildman–Crippen MR) is 89.7 cm³/mol. The zero-order valence-electron chi connectivity index (χ0n) is 13.9. The second-order valence-corrected chi connectivity index (χ2v) is 7.30. The van der Waals surface area contributed by atoms with Gasteiger partial charge in [0, 0.05) is 37.8 Å². The van der Waals surface area contributed by atoms with Crippen LogP contribution in [0.1, 0.15) is 36.0 Å². The van der Waals surface area contributed by atoms with Crippen LogP contribution in [0.4, 0.5) is 0 Å². The second kappa shape index (κ2) is 6.16. The van der Waals surface area contributed by atoms with E-state index < -0.39 is 0 Å². The molecule has 1 aromatic rings. The van der Waals surface area contributed by atoms with E-state index in [1.54, 1.807) is 7.11 Å². The maximum absolute atomic E-state index is 12.6. The summed E-state index contributed by atoms with van der Waals surface area (Å²) in [7, 11) is 1.64. The van der Waals surface area contributed by atoms with Gasteiger partial charge in [0.25, 0.3) is 5.91 Å². The van der Waals surface area contributed by atoms with Crippen molar-refractivity contribution in [3.05, 3.63) is 29.8 Å². The fourth-order valence-electron chi connectivity index (χ4n) is 4.83. The van der Waals surface area contributed by atoms with E-state index in [1.807, 2.05) is 29.2 Å². The molecule has 1 heterocycles. The van der Waals surface area contributed by atoms with Crippen molar-refractivity contribution >= 4 is 5.91 Å². The summed E-state index contributed by atoms with van der Waals surface area (Å²) in [5, 5.41) is 0. The molecule has 3 atom stereocenters. The van der Waals surface area contributed by atoms with Gasteiger partial charge in [0.1, 0.15) is 5.75 Å². The summed E-state index contributed by atoms with van der Waals surface area (Å²) in [4.78, 5) is 17.3. The number of ether oxygens (including phenoxy) is 1. The van der Waals surface area contributed by atoms with Crippen LogP contribution in [0.5, 0.6) is 5.75 Å². The maximum Gasteiger partial charge on any atom is 0.253 e. The molecule has 4 nitrogen and oxygen atoms in total. The van der Waals surface area contributed by atoms with Gasteiger partial charge in [0.05, 0.1) is 7.11 Å². The minimum Gasteiger partial charge on any atom is -0.497 e. The minimum atomic E-state index is 0.153. The Kier molecular flexibility index (Phi) is 4.02. The van der Waals surface area contributed by atoms with Crippen LogP contribution in [0.3, 0.4) is 0 Å². The summed E-state index contributed by atoms with van der Waals surface area (Å²) >= 11 is 0. The lowest BCUT2D eigenvalue weighted by Crippen LogP contribution is -2.53. The molecule has 1 amide bonds. The first-order valence-corrected chi connectivity index (χ1v) is 8.92. The Morgan fingerprint density at radius 2 is 1.78 bits per heavy atom. The van der Waals surface area contributed by atoms with Gasteiger partial charge in [-0.1, -0.05) is 6.42 Å². The van der Waals surface area contributed by atoms with Gasteiger partial charge in [0.15, 0.2) is 0 Å². The molecule has 23 heavy (non-hydrogen) atoms. The van der Waals surface area contributed by atoms with E-state index in [0.717, 1.165) is 55.4 Å². The molecule has 124 valence electrons. The molecule has 4 heteroatoms. The highest BCUT2D eigenvalue weighted by molar-refractivity contribution is 5.94. The van der Waals surface area contributed by atoms with Crippen LogP contribution in [0.2, 0.25) is 0 Å². The zero-order chi connectivity index (χ0) is 15.8. The van der Waals surface area contributed by atoms with E-state index in [0.29, 0.717) is 0 Å². The molecule has 2 saturated carbocycles. The third-order valence-electron chi connectivity index (χ3n) is 6.11. The molecular formula is C19H26N2O2. The van der Waals surface area contributed by atoms with E-state index in [2.05, 4.69) is 4.90 Å². The molecule has 1 aliphatic heterocycles. The van der Waals surface area contributed by atoms with Crippen molar-refractivity contribution in [2.24, 2.45) is 11.8 Å². The van der Waals surface area contributed by atoms with Crippen LogP contribution in [0.25, 0.3) is 0 Å². The fraction of sp³-hybridized carbons (Fsp3) is 0.632. The molecule has 0 N–H and O–H groups in total. The number of nitrogens with zero attached hydrogens (tertiary/aromatic N) is 2. The van der Waals surface area contributed by atoms with Crippen molar-refractivity contribution in [3.8, 4) is 5.75 Å². The molecule has 0 radical (unpaired) electrons. The van der Waals surface area contributed by atoms with Crippen LogP contribution in [0.15, 0.2) is 24.3 Å². The van der Waals surface area contributed by atoms with Crippen LogP contribution in [-0.2, 0) is 0 Å². The zero-order valence-corrected chi connectivity index (χ0v) is 13.9. The third kappa shape index (κ3) is 2.85. The van der Waals surface area contributed by atoms with Gasteiger partial charge in [-0.05, 0) is 55.4 Å². The van der Waals surface area contributed by atoms with Gasteiger partial charge in [-0.3, -0.25) is 9.69 Å². The van der Waals surface area contributed by atoms with Crippen LogP contribution in [-0.4, -0.2) is 55.0 Å². The summed E-state index contributed by atoms with van der Waals surface area (Å²) in [5.41, 5.74) is 0.763. The lowest BCUT2D eigenvalue weighted by Gasteiger charge is -2.41. The molecule has 2 aliphatic carbocycles. The third-order valence-corrected chi connectivity index (χ3v) is 6.11. The topological polar surface area (TPSA) is 32.8 Å². The summed E-state index contributed by atoms with van der Waals surface area (Å²) < 4.78 is 5.16. The van der Waals surface area contributed by atoms with Gasteiger partial charge in [-0.25, -0.2) is 0 Å². The van der Waals surface area contributed by atoms with Gasteiger partial charge < -0.3 is 9.64 Å². The van der Waals surface area contributed by atoms with E-state index in [9.17, 15) is 4.79 Å². The van der Waals surface area contributed by atoms with E-state index in [1.165, 1.54) is 25.7 Å². The second-order valence-electron chi connectivity index (χ2n) is 7.30. The normalized spacial score (nSPS) is 30.7. The predicted octanol–water partition coefficient (Wildman–Crippen LogP) is 2.64. The van der Waals surface area contributed by atoms with Crippen molar-refractivity contribution in [1.29, 1.82) is 0 Å². The number of hydrogen-bond acceptors (Lipinski definition) is 3. The Bertz CT molecular complexity index is 563. The number of carbonyl (C=O) groups is 1. The molecule has 1 saturated heterocycles. The smallest absolute Gasteiger partial charge is 0.253 e. The average molecular weight is 314 g/mol. The van der Waals surface area contributed by atoms with E-state index in [-0.39, 0.29) is 5.91 Å². The number of amides is 1. The van der Waals surface area contributed by atoms with Gasteiger partial charge in [-0.15, -0.1) is 0 Å². The van der Waals surface area contributed by atoms with Crippen molar-refractivity contribution in [2.45, 2.75) is 31.7 Å². The van der Waals surface area contributed by atoms with Crippen molar-refractivity contribution in [2.75, 3.05) is 33.3 Å². The monoisotopic (exact) mass is 314 g/mol. The van der Waals surface area contributed by atoms with Crippen LogP contribution in [0, 0.1) is 11.8 Å². The summed E-state index contributed by atoms with van der Waals surface area (Å²) in [6.07, 6.45) is 5.74. The Balaban J connectivity index is 1.34. The SMILES string of the molecule is COc1ccc(C(=O)N2CCN([C@H]3C[C@H]4CC[C@@H]3C4)CC2)cc1. The number of hydrogen-bond donors (Lipinski definition) is 0.